The third-order valence-electron chi connectivity index (χ3n) is 2.69. The molecular formula is C13H24N4O2. The predicted octanol–water partition coefficient (Wildman–Crippen LogP) is 1.23. The first-order chi connectivity index (χ1) is 9.02. The zero-order valence-electron chi connectivity index (χ0n) is 11.9. The van der Waals surface area contributed by atoms with Crippen LogP contribution in [0.4, 0.5) is 5.82 Å². The van der Waals surface area contributed by atoms with Crippen LogP contribution >= 0.6 is 0 Å². The number of aryl methyl sites for hydroxylation is 1. The van der Waals surface area contributed by atoms with Crippen LogP contribution in [0.25, 0.3) is 0 Å². The highest BCUT2D eigenvalue weighted by molar-refractivity contribution is 5.93. The van der Waals surface area contributed by atoms with Crippen LogP contribution in [0.3, 0.4) is 0 Å². The number of anilines is 1. The fourth-order valence-corrected chi connectivity index (χ4v) is 1.76. The summed E-state index contributed by atoms with van der Waals surface area (Å²) in [4.78, 5) is 11.8. The molecule has 6 nitrogen and oxygen atoms in total. The molecule has 0 fully saturated rings. The van der Waals surface area contributed by atoms with Crippen LogP contribution in [-0.2, 0) is 16.1 Å². The number of carbonyl (C=O) groups excluding carboxylic acids is 1. The second-order valence-electron chi connectivity index (χ2n) is 5.04. The van der Waals surface area contributed by atoms with Crippen molar-refractivity contribution in [3.8, 4) is 0 Å². The summed E-state index contributed by atoms with van der Waals surface area (Å²) in [5.74, 6) is 0.754. The Morgan fingerprint density at radius 2 is 2.32 bits per heavy atom. The Kier molecular flexibility index (Phi) is 6.52. The number of hydrogen-bond donors (Lipinski definition) is 2. The molecule has 0 saturated heterocycles. The van der Waals surface area contributed by atoms with Crippen molar-refractivity contribution in [3.63, 3.8) is 0 Å². The molecule has 108 valence electrons. The van der Waals surface area contributed by atoms with E-state index in [1.807, 2.05) is 20.0 Å². The van der Waals surface area contributed by atoms with Gasteiger partial charge in [-0.3, -0.25) is 9.48 Å². The summed E-state index contributed by atoms with van der Waals surface area (Å²) in [5.41, 5.74) is 5.81. The number of nitrogens with two attached hydrogens (primary N) is 1. The van der Waals surface area contributed by atoms with Gasteiger partial charge in [0, 0.05) is 32.5 Å². The molecule has 19 heavy (non-hydrogen) atoms. The number of amides is 1. The van der Waals surface area contributed by atoms with Gasteiger partial charge < -0.3 is 15.8 Å². The largest absolute Gasteiger partial charge is 0.385 e. The predicted molar refractivity (Wildman–Crippen MR) is 74.8 cm³/mol. The molecule has 0 aliphatic carbocycles. The minimum atomic E-state index is -0.487. The van der Waals surface area contributed by atoms with E-state index in [4.69, 9.17) is 10.5 Å². The van der Waals surface area contributed by atoms with Gasteiger partial charge in [-0.2, -0.15) is 5.10 Å². The highest BCUT2D eigenvalue weighted by atomic mass is 16.5. The van der Waals surface area contributed by atoms with Crippen molar-refractivity contribution in [3.05, 3.63) is 12.3 Å². The van der Waals surface area contributed by atoms with Crippen LogP contribution in [0.5, 0.6) is 0 Å². The highest BCUT2D eigenvalue weighted by Gasteiger charge is 2.15. The number of methoxy groups -OCH3 is 1. The van der Waals surface area contributed by atoms with Crippen molar-refractivity contribution in [1.82, 2.24) is 9.78 Å². The summed E-state index contributed by atoms with van der Waals surface area (Å²) in [5, 5.41) is 6.99. The van der Waals surface area contributed by atoms with Gasteiger partial charge in [0.15, 0.2) is 5.82 Å². The van der Waals surface area contributed by atoms with Crippen molar-refractivity contribution in [2.75, 3.05) is 19.0 Å². The van der Waals surface area contributed by atoms with E-state index in [9.17, 15) is 4.79 Å². The fourth-order valence-electron chi connectivity index (χ4n) is 1.76. The molecule has 0 radical (unpaired) electrons. The van der Waals surface area contributed by atoms with Gasteiger partial charge in [0.05, 0.1) is 6.04 Å². The van der Waals surface area contributed by atoms with E-state index < -0.39 is 6.04 Å². The third kappa shape index (κ3) is 5.85. The zero-order valence-corrected chi connectivity index (χ0v) is 11.9. The van der Waals surface area contributed by atoms with Gasteiger partial charge in [-0.25, -0.2) is 0 Å². The van der Waals surface area contributed by atoms with Crippen LogP contribution in [0.15, 0.2) is 12.3 Å². The van der Waals surface area contributed by atoms with E-state index in [1.54, 1.807) is 17.9 Å². The van der Waals surface area contributed by atoms with Crippen molar-refractivity contribution >= 4 is 11.7 Å². The molecule has 0 saturated carbocycles. The van der Waals surface area contributed by atoms with E-state index in [1.165, 1.54) is 0 Å². The molecule has 0 aromatic carbocycles. The molecule has 1 aromatic heterocycles. The number of nitrogens with one attached hydrogen (secondary N) is 1. The van der Waals surface area contributed by atoms with Crippen LogP contribution < -0.4 is 11.1 Å². The van der Waals surface area contributed by atoms with Gasteiger partial charge in [0.2, 0.25) is 5.91 Å². The molecule has 1 atom stereocenters. The number of carbonyl (C=O) groups is 1. The average Bonchev–Trinajstić information content (AvgIpc) is 2.76. The Morgan fingerprint density at radius 3 is 2.95 bits per heavy atom. The number of nitrogens with zero attached hydrogens (tertiary/aromatic N) is 2. The molecule has 1 heterocycles. The molecule has 0 bridgehead atoms. The van der Waals surface area contributed by atoms with Crippen LogP contribution in [0.1, 0.15) is 26.7 Å². The molecule has 0 aliphatic rings. The van der Waals surface area contributed by atoms with Gasteiger partial charge in [0.25, 0.3) is 0 Å². The fraction of sp³-hybridized carbons (Fsp3) is 0.692. The number of rotatable bonds is 8. The first-order valence-electron chi connectivity index (χ1n) is 6.61. The summed E-state index contributed by atoms with van der Waals surface area (Å²) in [6.07, 6.45) is 3.39. The Bertz CT molecular complexity index is 390. The maximum Gasteiger partial charge on any atom is 0.242 e. The summed E-state index contributed by atoms with van der Waals surface area (Å²) in [7, 11) is 1.67. The minimum Gasteiger partial charge on any atom is -0.385 e. The van der Waals surface area contributed by atoms with Gasteiger partial charge in [-0.15, -0.1) is 0 Å². The van der Waals surface area contributed by atoms with Crippen molar-refractivity contribution in [2.45, 2.75) is 39.3 Å². The molecule has 1 aromatic rings. The topological polar surface area (TPSA) is 82.2 Å². The van der Waals surface area contributed by atoms with Crippen LogP contribution in [0, 0.1) is 5.92 Å². The zero-order chi connectivity index (χ0) is 14.3. The second-order valence-corrected chi connectivity index (χ2v) is 5.04. The Morgan fingerprint density at radius 1 is 1.58 bits per heavy atom. The van der Waals surface area contributed by atoms with Crippen LogP contribution in [0.2, 0.25) is 0 Å². The normalized spacial score (nSPS) is 12.7. The molecule has 0 unspecified atom stereocenters. The molecular weight excluding hydrogens is 244 g/mol. The maximum atomic E-state index is 11.8. The van der Waals surface area contributed by atoms with E-state index in [0.29, 0.717) is 24.8 Å². The number of ether oxygens (including phenoxy) is 1. The van der Waals surface area contributed by atoms with Crippen molar-refractivity contribution in [1.29, 1.82) is 0 Å². The second kappa shape index (κ2) is 7.91. The molecule has 1 rings (SSSR count). The Labute approximate surface area is 114 Å². The first kappa shape index (κ1) is 15.7. The highest BCUT2D eigenvalue weighted by Crippen LogP contribution is 2.07. The van der Waals surface area contributed by atoms with E-state index >= 15 is 0 Å². The van der Waals surface area contributed by atoms with E-state index in [-0.39, 0.29) is 5.91 Å². The SMILES string of the molecule is COCCCn1ccc(NC(=O)[C@@H](N)CC(C)C)n1. The third-order valence-corrected chi connectivity index (χ3v) is 2.69. The lowest BCUT2D eigenvalue weighted by molar-refractivity contribution is -0.117. The van der Waals surface area contributed by atoms with Crippen LogP contribution in [-0.4, -0.2) is 35.4 Å². The molecule has 6 heteroatoms. The number of hydrogen-bond acceptors (Lipinski definition) is 4. The maximum absolute atomic E-state index is 11.8. The Hall–Kier alpha value is -1.40. The first-order valence-corrected chi connectivity index (χ1v) is 6.61. The molecule has 0 aliphatic heterocycles. The van der Waals surface area contributed by atoms with Gasteiger partial charge in [-0.05, 0) is 18.8 Å². The standard InChI is InChI=1S/C13H24N4O2/c1-10(2)9-11(14)13(18)15-12-5-7-17(16-12)6-4-8-19-3/h5,7,10-11H,4,6,8-9,14H2,1-3H3,(H,15,16,18)/t11-/m0/s1. The quantitative estimate of drug-likeness (QED) is 0.695. The lowest BCUT2D eigenvalue weighted by atomic mass is 10.0. The van der Waals surface area contributed by atoms with E-state index in [0.717, 1.165) is 13.0 Å². The lowest BCUT2D eigenvalue weighted by Gasteiger charge is -2.12. The molecule has 3 N–H and O–H groups in total. The summed E-state index contributed by atoms with van der Waals surface area (Å²) >= 11 is 0. The number of aromatic nitrogens is 2. The van der Waals surface area contributed by atoms with Gasteiger partial charge >= 0.3 is 0 Å². The summed E-state index contributed by atoms with van der Waals surface area (Å²) in [6, 6.07) is 1.28. The van der Waals surface area contributed by atoms with Crippen molar-refractivity contribution in [2.24, 2.45) is 11.7 Å². The van der Waals surface area contributed by atoms with Gasteiger partial charge in [0.1, 0.15) is 0 Å². The average molecular weight is 268 g/mol. The van der Waals surface area contributed by atoms with Gasteiger partial charge in [-0.1, -0.05) is 13.8 Å². The van der Waals surface area contributed by atoms with Crippen molar-refractivity contribution < 1.29 is 9.53 Å². The molecule has 1 amide bonds. The van der Waals surface area contributed by atoms with E-state index in [2.05, 4.69) is 10.4 Å². The Balaban J connectivity index is 2.42. The monoisotopic (exact) mass is 268 g/mol. The summed E-state index contributed by atoms with van der Waals surface area (Å²) < 4.78 is 6.76. The molecule has 0 spiro atoms. The smallest absolute Gasteiger partial charge is 0.242 e. The lowest BCUT2D eigenvalue weighted by Crippen LogP contribution is -2.36. The summed E-state index contributed by atoms with van der Waals surface area (Å²) in [6.45, 7) is 5.54. The minimum absolute atomic E-state index is 0.184.